The maximum Gasteiger partial charge on any atom is 0.0823 e. The van der Waals surface area contributed by atoms with E-state index in [0.29, 0.717) is 0 Å². The summed E-state index contributed by atoms with van der Waals surface area (Å²) in [6.45, 7) is 5.58. The summed E-state index contributed by atoms with van der Waals surface area (Å²) in [6, 6.07) is 0. The molecule has 0 radical (unpaired) electrons. The molecule has 0 aliphatic carbocycles. The Hall–Kier alpha value is -0.160. The Labute approximate surface area is 79.7 Å². The van der Waals surface area contributed by atoms with Crippen LogP contribution in [0.3, 0.4) is 0 Å². The smallest absolute Gasteiger partial charge is 0.0823 e. The number of hydrogen-bond donors (Lipinski definition) is 0. The molecule has 2 rings (SSSR count). The lowest BCUT2D eigenvalue weighted by Crippen LogP contribution is -2.32. The summed E-state index contributed by atoms with van der Waals surface area (Å²) in [4.78, 5) is 11.4. The second-order valence-corrected chi connectivity index (χ2v) is 3.27. The van der Waals surface area contributed by atoms with Gasteiger partial charge in [-0.1, -0.05) is 0 Å². The molecule has 0 spiro atoms. The van der Waals surface area contributed by atoms with E-state index in [1.54, 1.807) is 0 Å². The second-order valence-electron chi connectivity index (χ2n) is 3.27. The predicted octanol–water partition coefficient (Wildman–Crippen LogP) is 0.677. The first kappa shape index (κ1) is 10.9. The summed E-state index contributed by atoms with van der Waals surface area (Å²) in [6.07, 6.45) is 2.31. The van der Waals surface area contributed by atoms with Crippen LogP contribution >= 0.6 is 0 Å². The molecule has 78 valence electrons. The van der Waals surface area contributed by atoms with Crippen LogP contribution < -0.4 is 0 Å². The maximum absolute atomic E-state index is 5.10. The van der Waals surface area contributed by atoms with Crippen molar-refractivity contribution in [1.29, 1.82) is 0 Å². The molecule has 0 bridgehead atoms. The van der Waals surface area contributed by atoms with Crippen molar-refractivity contribution in [3.05, 3.63) is 0 Å². The zero-order chi connectivity index (χ0) is 9.36. The van der Waals surface area contributed by atoms with E-state index in [4.69, 9.17) is 4.74 Å². The quantitative estimate of drug-likeness (QED) is 0.524. The maximum atomic E-state index is 5.10. The number of hydrogen-bond acceptors (Lipinski definition) is 4. The van der Waals surface area contributed by atoms with Gasteiger partial charge in [0.2, 0.25) is 0 Å². The molecular weight excluding hydrogens is 170 g/mol. The van der Waals surface area contributed by atoms with Crippen molar-refractivity contribution in [2.75, 3.05) is 46.6 Å². The van der Waals surface area contributed by atoms with Gasteiger partial charge in [0, 0.05) is 13.1 Å². The van der Waals surface area contributed by atoms with E-state index in [9.17, 15) is 0 Å². The van der Waals surface area contributed by atoms with Crippen molar-refractivity contribution in [2.24, 2.45) is 0 Å². The third-order valence-corrected chi connectivity index (χ3v) is 2.02. The van der Waals surface area contributed by atoms with Crippen molar-refractivity contribution >= 4 is 0 Å². The molecule has 0 amide bonds. The lowest BCUT2D eigenvalue weighted by Gasteiger charge is -2.21. The first-order valence-electron chi connectivity index (χ1n) is 4.90. The van der Waals surface area contributed by atoms with Crippen molar-refractivity contribution < 1.29 is 14.5 Å². The second kappa shape index (κ2) is 7.26. The summed E-state index contributed by atoms with van der Waals surface area (Å²) in [5, 5.41) is 0. The monoisotopic (exact) mass is 189 g/mol. The number of rotatable bonds is 0. The number of nitrogens with zero attached hydrogens (tertiary/aromatic N) is 1. The van der Waals surface area contributed by atoms with E-state index in [2.05, 4.69) is 21.7 Å². The van der Waals surface area contributed by atoms with Crippen LogP contribution in [0.1, 0.15) is 12.8 Å². The minimum Gasteiger partial charge on any atom is -0.379 e. The third-order valence-electron chi connectivity index (χ3n) is 2.02. The minimum atomic E-state index is 0.778. The molecule has 2 fully saturated rings. The molecule has 4 nitrogen and oxygen atoms in total. The van der Waals surface area contributed by atoms with Crippen LogP contribution in [0, 0.1) is 0 Å². The van der Waals surface area contributed by atoms with E-state index in [1.165, 1.54) is 0 Å². The standard InChI is InChI=1S/C5H11NO.C4H8O2/c1-6-2-4-7-5-3-6;1-2-4-6-5-3-1/h2-5H2,1H3;1-4H2. The minimum absolute atomic E-state index is 0.778. The molecule has 0 aromatic rings. The van der Waals surface area contributed by atoms with E-state index in [1.807, 2.05) is 0 Å². The zero-order valence-electron chi connectivity index (χ0n) is 8.33. The van der Waals surface area contributed by atoms with Gasteiger partial charge < -0.3 is 9.64 Å². The van der Waals surface area contributed by atoms with E-state index in [0.717, 1.165) is 52.4 Å². The van der Waals surface area contributed by atoms with E-state index < -0.39 is 0 Å². The van der Waals surface area contributed by atoms with Gasteiger partial charge in [0.05, 0.1) is 26.4 Å². The van der Waals surface area contributed by atoms with Crippen LogP contribution in [-0.4, -0.2) is 51.5 Å². The molecular formula is C9H19NO3. The molecule has 0 saturated carbocycles. The Kier molecular flexibility index (Phi) is 6.10. The van der Waals surface area contributed by atoms with Crippen LogP contribution in [-0.2, 0) is 14.5 Å². The molecule has 2 heterocycles. The molecule has 0 aromatic heterocycles. The van der Waals surface area contributed by atoms with E-state index >= 15 is 0 Å². The largest absolute Gasteiger partial charge is 0.379 e. The van der Waals surface area contributed by atoms with Gasteiger partial charge in [-0.3, -0.25) is 0 Å². The summed E-state index contributed by atoms with van der Waals surface area (Å²) in [5.41, 5.74) is 0. The van der Waals surface area contributed by atoms with Gasteiger partial charge in [-0.25, -0.2) is 9.78 Å². The van der Waals surface area contributed by atoms with Crippen molar-refractivity contribution in [1.82, 2.24) is 4.90 Å². The topological polar surface area (TPSA) is 30.9 Å². The highest BCUT2D eigenvalue weighted by molar-refractivity contribution is 4.53. The van der Waals surface area contributed by atoms with E-state index in [-0.39, 0.29) is 0 Å². The van der Waals surface area contributed by atoms with Gasteiger partial charge in [-0.15, -0.1) is 0 Å². The fourth-order valence-electron chi connectivity index (χ4n) is 1.09. The number of ether oxygens (including phenoxy) is 1. The van der Waals surface area contributed by atoms with Gasteiger partial charge in [0.1, 0.15) is 0 Å². The first-order valence-corrected chi connectivity index (χ1v) is 4.90. The summed E-state index contributed by atoms with van der Waals surface area (Å²) in [7, 11) is 2.11. The Bertz CT molecular complexity index is 99.9. The molecule has 2 aliphatic heterocycles. The molecule has 0 N–H and O–H groups in total. The third kappa shape index (κ3) is 5.99. The SMILES string of the molecule is C1CCOOC1.CN1CCOCC1. The Morgan fingerprint density at radius 3 is 1.62 bits per heavy atom. The van der Waals surface area contributed by atoms with Crippen molar-refractivity contribution in [3.63, 3.8) is 0 Å². The summed E-state index contributed by atoms with van der Waals surface area (Å²) in [5.74, 6) is 0. The highest BCUT2D eigenvalue weighted by Crippen LogP contribution is 1.97. The highest BCUT2D eigenvalue weighted by Gasteiger charge is 2.02. The van der Waals surface area contributed by atoms with Gasteiger partial charge in [-0.05, 0) is 19.9 Å². The Balaban J connectivity index is 0.000000132. The summed E-state index contributed by atoms with van der Waals surface area (Å²) < 4.78 is 5.10. The molecule has 0 unspecified atom stereocenters. The molecule has 4 heteroatoms. The highest BCUT2D eigenvalue weighted by atomic mass is 17.2. The van der Waals surface area contributed by atoms with Crippen LogP contribution in [0.15, 0.2) is 0 Å². The fourth-order valence-corrected chi connectivity index (χ4v) is 1.09. The van der Waals surface area contributed by atoms with Gasteiger partial charge in [0.15, 0.2) is 0 Å². The Morgan fingerprint density at radius 1 is 0.846 bits per heavy atom. The fraction of sp³-hybridized carbons (Fsp3) is 1.00. The van der Waals surface area contributed by atoms with Crippen LogP contribution in [0.4, 0.5) is 0 Å². The average molecular weight is 189 g/mol. The van der Waals surface area contributed by atoms with Crippen LogP contribution in [0.5, 0.6) is 0 Å². The Morgan fingerprint density at radius 2 is 1.38 bits per heavy atom. The van der Waals surface area contributed by atoms with Crippen LogP contribution in [0.2, 0.25) is 0 Å². The van der Waals surface area contributed by atoms with Gasteiger partial charge in [-0.2, -0.15) is 0 Å². The molecule has 2 saturated heterocycles. The molecule has 13 heavy (non-hydrogen) atoms. The van der Waals surface area contributed by atoms with Crippen molar-refractivity contribution in [3.8, 4) is 0 Å². The molecule has 2 aliphatic rings. The zero-order valence-corrected chi connectivity index (χ0v) is 8.33. The van der Waals surface area contributed by atoms with Crippen molar-refractivity contribution in [2.45, 2.75) is 12.8 Å². The number of likely N-dealkylation sites (N-methyl/N-ethyl adjacent to an activating group) is 1. The first-order chi connectivity index (χ1) is 6.39. The van der Waals surface area contributed by atoms with Crippen LogP contribution in [0.25, 0.3) is 0 Å². The molecule has 0 atom stereocenters. The average Bonchev–Trinajstić information content (AvgIpc) is 2.22. The van der Waals surface area contributed by atoms with Gasteiger partial charge in [0.25, 0.3) is 0 Å². The predicted molar refractivity (Wildman–Crippen MR) is 49.5 cm³/mol. The lowest BCUT2D eigenvalue weighted by atomic mass is 10.3. The normalized spacial score (nSPS) is 24.7. The lowest BCUT2D eigenvalue weighted by molar-refractivity contribution is -0.312. The molecule has 0 aromatic carbocycles. The van der Waals surface area contributed by atoms with Gasteiger partial charge >= 0.3 is 0 Å². The number of morpholine rings is 1. The summed E-state index contributed by atoms with van der Waals surface area (Å²) >= 11 is 0.